The van der Waals surface area contributed by atoms with E-state index in [0.717, 1.165) is 16.9 Å². The minimum absolute atomic E-state index is 0.0254. The van der Waals surface area contributed by atoms with Gasteiger partial charge in [0.2, 0.25) is 5.91 Å². The molecule has 120 valence electrons. The second-order valence-corrected chi connectivity index (χ2v) is 5.90. The number of carbonyl (C=O) groups is 2. The summed E-state index contributed by atoms with van der Waals surface area (Å²) >= 11 is 0. The maximum Gasteiger partial charge on any atom is 0.260 e. The van der Waals surface area contributed by atoms with Crippen molar-refractivity contribution in [2.24, 2.45) is 0 Å². The van der Waals surface area contributed by atoms with Gasteiger partial charge in [0, 0.05) is 33.1 Å². The van der Waals surface area contributed by atoms with Gasteiger partial charge in [0.15, 0.2) is 6.61 Å². The number of nitrogens with zero attached hydrogens (tertiary/aromatic N) is 2. The Labute approximate surface area is 131 Å². The van der Waals surface area contributed by atoms with Gasteiger partial charge >= 0.3 is 0 Å². The number of hydrogen-bond donors (Lipinski definition) is 0. The molecule has 2 rings (SSSR count). The van der Waals surface area contributed by atoms with E-state index in [9.17, 15) is 9.59 Å². The second kappa shape index (κ2) is 6.81. The molecule has 1 saturated heterocycles. The SMILES string of the molecule is CC(=O)N1CCN(C(=O)COc2c(C)cc(C)cc2C)CC1. The summed E-state index contributed by atoms with van der Waals surface area (Å²) in [6.45, 7) is 9.99. The van der Waals surface area contributed by atoms with Crippen LogP contribution in [0, 0.1) is 20.8 Å². The number of hydrogen-bond acceptors (Lipinski definition) is 3. The highest BCUT2D eigenvalue weighted by molar-refractivity contribution is 5.78. The number of aryl methyl sites for hydroxylation is 3. The Hall–Kier alpha value is -2.04. The van der Waals surface area contributed by atoms with Gasteiger partial charge in [-0.25, -0.2) is 0 Å². The van der Waals surface area contributed by atoms with Crippen LogP contribution < -0.4 is 4.74 Å². The molecule has 0 saturated carbocycles. The van der Waals surface area contributed by atoms with Crippen molar-refractivity contribution in [1.29, 1.82) is 0 Å². The first-order chi connectivity index (χ1) is 10.4. The molecule has 0 unspecified atom stereocenters. The maximum atomic E-state index is 12.2. The summed E-state index contributed by atoms with van der Waals surface area (Å²) in [7, 11) is 0. The van der Waals surface area contributed by atoms with E-state index in [0.29, 0.717) is 26.2 Å². The van der Waals surface area contributed by atoms with Crippen molar-refractivity contribution in [3.63, 3.8) is 0 Å². The van der Waals surface area contributed by atoms with Crippen molar-refractivity contribution in [1.82, 2.24) is 9.80 Å². The lowest BCUT2D eigenvalue weighted by atomic mass is 10.1. The highest BCUT2D eigenvalue weighted by Gasteiger charge is 2.22. The average Bonchev–Trinajstić information content (AvgIpc) is 2.46. The van der Waals surface area contributed by atoms with Crippen molar-refractivity contribution < 1.29 is 14.3 Å². The number of rotatable bonds is 3. The minimum atomic E-state index is -0.0254. The quantitative estimate of drug-likeness (QED) is 0.854. The Morgan fingerprint density at radius 2 is 1.50 bits per heavy atom. The van der Waals surface area contributed by atoms with Crippen molar-refractivity contribution in [2.75, 3.05) is 32.8 Å². The van der Waals surface area contributed by atoms with Crippen LogP contribution in [-0.4, -0.2) is 54.4 Å². The van der Waals surface area contributed by atoms with Gasteiger partial charge in [-0.2, -0.15) is 0 Å². The lowest BCUT2D eigenvalue weighted by molar-refractivity contribution is -0.139. The van der Waals surface area contributed by atoms with Crippen LogP contribution in [0.5, 0.6) is 5.75 Å². The van der Waals surface area contributed by atoms with E-state index in [2.05, 4.69) is 12.1 Å². The van der Waals surface area contributed by atoms with Crippen LogP contribution in [0.25, 0.3) is 0 Å². The van der Waals surface area contributed by atoms with Gasteiger partial charge in [-0.15, -0.1) is 0 Å². The van der Waals surface area contributed by atoms with Gasteiger partial charge in [0.05, 0.1) is 0 Å². The number of carbonyl (C=O) groups excluding carboxylic acids is 2. The predicted molar refractivity (Wildman–Crippen MR) is 85.0 cm³/mol. The monoisotopic (exact) mass is 304 g/mol. The van der Waals surface area contributed by atoms with E-state index >= 15 is 0 Å². The summed E-state index contributed by atoms with van der Waals surface area (Å²) in [5, 5.41) is 0. The molecule has 5 nitrogen and oxygen atoms in total. The molecule has 0 atom stereocenters. The van der Waals surface area contributed by atoms with Gasteiger partial charge < -0.3 is 14.5 Å². The number of ether oxygens (including phenoxy) is 1. The Morgan fingerprint density at radius 3 is 2.00 bits per heavy atom. The molecule has 1 aliphatic rings. The fraction of sp³-hybridized carbons (Fsp3) is 0.529. The zero-order chi connectivity index (χ0) is 16.3. The summed E-state index contributed by atoms with van der Waals surface area (Å²) in [5.74, 6) is 0.832. The molecule has 1 heterocycles. The van der Waals surface area contributed by atoms with Crippen LogP contribution in [0.15, 0.2) is 12.1 Å². The third kappa shape index (κ3) is 3.78. The van der Waals surface area contributed by atoms with Crippen LogP contribution >= 0.6 is 0 Å². The molecule has 0 spiro atoms. The van der Waals surface area contributed by atoms with Crippen LogP contribution in [0.2, 0.25) is 0 Å². The molecule has 0 N–H and O–H groups in total. The fourth-order valence-electron chi connectivity index (χ4n) is 2.89. The Kier molecular flexibility index (Phi) is 5.06. The minimum Gasteiger partial charge on any atom is -0.483 e. The Bertz CT molecular complexity index is 552. The van der Waals surface area contributed by atoms with E-state index in [1.807, 2.05) is 20.8 Å². The van der Waals surface area contributed by atoms with E-state index in [4.69, 9.17) is 4.74 Å². The van der Waals surface area contributed by atoms with Crippen LogP contribution in [0.3, 0.4) is 0 Å². The van der Waals surface area contributed by atoms with Crippen LogP contribution in [-0.2, 0) is 9.59 Å². The molecular weight excluding hydrogens is 280 g/mol. The second-order valence-electron chi connectivity index (χ2n) is 5.90. The van der Waals surface area contributed by atoms with Gasteiger partial charge in [-0.3, -0.25) is 9.59 Å². The van der Waals surface area contributed by atoms with Crippen molar-refractivity contribution in [3.8, 4) is 5.75 Å². The Balaban J connectivity index is 1.90. The molecule has 2 amide bonds. The molecule has 1 fully saturated rings. The van der Waals surface area contributed by atoms with Crippen LogP contribution in [0.4, 0.5) is 0 Å². The normalized spacial score (nSPS) is 14.9. The largest absolute Gasteiger partial charge is 0.483 e. The topological polar surface area (TPSA) is 49.9 Å². The summed E-state index contributed by atoms with van der Waals surface area (Å²) in [6.07, 6.45) is 0. The van der Waals surface area contributed by atoms with Gasteiger partial charge in [-0.05, 0) is 31.9 Å². The molecule has 0 aromatic heterocycles. The zero-order valence-electron chi connectivity index (χ0n) is 13.8. The summed E-state index contributed by atoms with van der Waals surface area (Å²) < 4.78 is 5.74. The van der Waals surface area contributed by atoms with Crippen molar-refractivity contribution >= 4 is 11.8 Å². The zero-order valence-corrected chi connectivity index (χ0v) is 13.8. The van der Waals surface area contributed by atoms with E-state index < -0.39 is 0 Å². The predicted octanol–water partition coefficient (Wildman–Crippen LogP) is 1.68. The smallest absolute Gasteiger partial charge is 0.260 e. The molecule has 5 heteroatoms. The van der Waals surface area contributed by atoms with Crippen molar-refractivity contribution in [2.45, 2.75) is 27.7 Å². The fourth-order valence-corrected chi connectivity index (χ4v) is 2.89. The first-order valence-corrected chi connectivity index (χ1v) is 7.62. The Morgan fingerprint density at radius 1 is 1.00 bits per heavy atom. The molecule has 22 heavy (non-hydrogen) atoms. The first-order valence-electron chi connectivity index (χ1n) is 7.62. The van der Waals surface area contributed by atoms with Gasteiger partial charge in [0.25, 0.3) is 5.91 Å². The maximum absolute atomic E-state index is 12.2. The third-order valence-electron chi connectivity index (χ3n) is 4.02. The number of benzene rings is 1. The molecule has 0 bridgehead atoms. The van der Waals surface area contributed by atoms with Crippen molar-refractivity contribution in [3.05, 3.63) is 28.8 Å². The van der Waals surface area contributed by atoms with E-state index in [1.54, 1.807) is 16.7 Å². The molecule has 1 aliphatic heterocycles. The summed E-state index contributed by atoms with van der Waals surface area (Å²) in [5.41, 5.74) is 3.28. The summed E-state index contributed by atoms with van der Waals surface area (Å²) in [4.78, 5) is 27.0. The molecule has 1 aromatic carbocycles. The third-order valence-corrected chi connectivity index (χ3v) is 4.02. The van der Waals surface area contributed by atoms with Gasteiger partial charge in [0.1, 0.15) is 5.75 Å². The van der Waals surface area contributed by atoms with E-state index in [1.165, 1.54) is 5.56 Å². The summed E-state index contributed by atoms with van der Waals surface area (Å²) in [6, 6.07) is 4.11. The lowest BCUT2D eigenvalue weighted by Crippen LogP contribution is -2.51. The highest BCUT2D eigenvalue weighted by Crippen LogP contribution is 2.24. The first kappa shape index (κ1) is 16.3. The highest BCUT2D eigenvalue weighted by atomic mass is 16.5. The number of amides is 2. The molecular formula is C17H24N2O3. The molecule has 0 radical (unpaired) electrons. The standard InChI is InChI=1S/C17H24N2O3/c1-12-9-13(2)17(14(3)10-12)22-11-16(21)19-7-5-18(6-8-19)15(4)20/h9-10H,5-8,11H2,1-4H3. The van der Waals surface area contributed by atoms with Crippen LogP contribution in [0.1, 0.15) is 23.6 Å². The lowest BCUT2D eigenvalue weighted by Gasteiger charge is -2.34. The average molecular weight is 304 g/mol. The number of piperazine rings is 1. The van der Waals surface area contributed by atoms with E-state index in [-0.39, 0.29) is 18.4 Å². The van der Waals surface area contributed by atoms with Gasteiger partial charge in [-0.1, -0.05) is 17.7 Å². The molecule has 1 aromatic rings. The molecule has 0 aliphatic carbocycles.